The molecule has 1 aliphatic rings. The van der Waals surface area contributed by atoms with E-state index in [-0.39, 0.29) is 23.7 Å². The second-order valence-corrected chi connectivity index (χ2v) is 15.2. The molecule has 0 bridgehead atoms. The summed E-state index contributed by atoms with van der Waals surface area (Å²) in [4.78, 5) is 29.0. The second kappa shape index (κ2) is 16.2. The van der Waals surface area contributed by atoms with Crippen LogP contribution in [0.15, 0.2) is 121 Å². The van der Waals surface area contributed by atoms with Crippen molar-refractivity contribution in [1.82, 2.24) is 10.6 Å². The van der Waals surface area contributed by atoms with Gasteiger partial charge < -0.3 is 20.8 Å². The first-order valence-electron chi connectivity index (χ1n) is 18.2. The molecule has 264 valence electrons. The molecule has 50 heavy (non-hydrogen) atoms. The fourth-order valence-corrected chi connectivity index (χ4v) is 7.85. The number of aliphatic hydroxyl groups is 2. The third-order valence-electron chi connectivity index (χ3n) is 10.6. The molecule has 6 heteroatoms. The third kappa shape index (κ3) is 8.72. The fraction of sp³-hybridized carbons (Fsp3) is 0.409. The number of carbonyl (C=O) groups excluding carboxylic acids is 2. The van der Waals surface area contributed by atoms with Crippen LogP contribution in [0.5, 0.6) is 0 Å². The summed E-state index contributed by atoms with van der Waals surface area (Å²) >= 11 is 0. The molecular formula is C44H54N2O4. The number of rotatable bonds is 16. The van der Waals surface area contributed by atoms with Gasteiger partial charge in [0.25, 0.3) is 0 Å². The molecule has 2 amide bonds. The van der Waals surface area contributed by atoms with Crippen molar-refractivity contribution in [3.05, 3.63) is 144 Å². The molecule has 0 aromatic heterocycles. The molecule has 1 fully saturated rings. The maximum absolute atomic E-state index is 14.5. The van der Waals surface area contributed by atoms with Gasteiger partial charge in [0, 0.05) is 25.7 Å². The molecular weight excluding hydrogens is 620 g/mol. The van der Waals surface area contributed by atoms with Gasteiger partial charge in [-0.1, -0.05) is 155 Å². The Morgan fingerprint density at radius 2 is 0.800 bits per heavy atom. The Balaban J connectivity index is 1.43. The average Bonchev–Trinajstić information content (AvgIpc) is 3.07. The van der Waals surface area contributed by atoms with Crippen LogP contribution in [0.1, 0.15) is 69.2 Å². The topological polar surface area (TPSA) is 98.7 Å². The standard InChI is InChI=1S/C44H54N2O4/c1-32(2)38(43(49,28-34-18-9-5-10-19-34)29-35-20-11-6-12-21-35)45-40(47)42(26-17-27-42)41(48)46-39(33(3)4)44(50,30-36-22-13-7-14-23-36)31-37-24-15-8-16-25-37/h5-16,18-25,32-33,38-39,49-50H,17,26-31H2,1-4H3,(H,45,47)(H,46,48)/t38-,39-/m1/s1. The van der Waals surface area contributed by atoms with Crippen molar-refractivity contribution >= 4 is 11.8 Å². The maximum atomic E-state index is 14.5. The zero-order chi connectivity index (χ0) is 35.8. The fourth-order valence-electron chi connectivity index (χ4n) is 7.85. The van der Waals surface area contributed by atoms with Crippen LogP contribution in [-0.2, 0) is 35.3 Å². The zero-order valence-electron chi connectivity index (χ0n) is 30.0. The van der Waals surface area contributed by atoms with Crippen molar-refractivity contribution in [2.45, 2.75) is 95.9 Å². The quantitative estimate of drug-likeness (QED) is 0.0976. The summed E-state index contributed by atoms with van der Waals surface area (Å²) in [6, 6.07) is 38.1. The molecule has 0 unspecified atom stereocenters. The lowest BCUT2D eigenvalue weighted by Crippen LogP contribution is -2.66. The maximum Gasteiger partial charge on any atom is 0.236 e. The van der Waals surface area contributed by atoms with E-state index in [0.717, 1.165) is 28.7 Å². The largest absolute Gasteiger partial charge is 0.387 e. The van der Waals surface area contributed by atoms with E-state index in [1.165, 1.54) is 0 Å². The normalized spacial score (nSPS) is 15.6. The number of hydrogen-bond acceptors (Lipinski definition) is 4. The Labute approximate surface area is 298 Å². The molecule has 0 heterocycles. The summed E-state index contributed by atoms with van der Waals surface area (Å²) in [5.41, 5.74) is -0.0486. The Kier molecular flexibility index (Phi) is 12.0. The van der Waals surface area contributed by atoms with Crippen LogP contribution in [0.2, 0.25) is 0 Å². The predicted molar refractivity (Wildman–Crippen MR) is 200 cm³/mol. The number of hydrogen-bond donors (Lipinski definition) is 4. The molecule has 1 saturated carbocycles. The molecule has 6 nitrogen and oxygen atoms in total. The lowest BCUT2D eigenvalue weighted by atomic mass is 9.66. The highest BCUT2D eigenvalue weighted by atomic mass is 16.3. The van der Waals surface area contributed by atoms with E-state index in [9.17, 15) is 19.8 Å². The number of nitrogens with one attached hydrogen (secondary N) is 2. The summed E-state index contributed by atoms with van der Waals surface area (Å²) in [6.45, 7) is 8.01. The molecule has 0 radical (unpaired) electrons. The molecule has 5 rings (SSSR count). The van der Waals surface area contributed by atoms with E-state index in [2.05, 4.69) is 10.6 Å². The molecule has 4 aromatic carbocycles. The van der Waals surface area contributed by atoms with Gasteiger partial charge in [0.05, 0.1) is 23.3 Å². The number of carbonyl (C=O) groups is 2. The first kappa shape index (κ1) is 37.0. The van der Waals surface area contributed by atoms with Crippen LogP contribution in [0.3, 0.4) is 0 Å². The first-order valence-corrected chi connectivity index (χ1v) is 18.2. The Hall–Kier alpha value is -4.26. The second-order valence-electron chi connectivity index (χ2n) is 15.2. The van der Waals surface area contributed by atoms with Crippen LogP contribution in [0.25, 0.3) is 0 Å². The summed E-state index contributed by atoms with van der Waals surface area (Å²) in [5, 5.41) is 31.6. The van der Waals surface area contributed by atoms with Gasteiger partial charge in [-0.25, -0.2) is 0 Å². The highest BCUT2D eigenvalue weighted by molar-refractivity contribution is 6.06. The van der Waals surface area contributed by atoms with E-state index in [1.807, 2.05) is 149 Å². The van der Waals surface area contributed by atoms with Crippen LogP contribution in [0.4, 0.5) is 0 Å². The van der Waals surface area contributed by atoms with Crippen molar-refractivity contribution in [1.29, 1.82) is 0 Å². The Morgan fingerprint density at radius 1 is 0.540 bits per heavy atom. The van der Waals surface area contributed by atoms with Crippen LogP contribution in [0, 0.1) is 17.3 Å². The van der Waals surface area contributed by atoms with E-state index in [4.69, 9.17) is 0 Å². The van der Waals surface area contributed by atoms with Crippen LogP contribution >= 0.6 is 0 Å². The van der Waals surface area contributed by atoms with E-state index in [0.29, 0.717) is 38.5 Å². The average molecular weight is 675 g/mol. The zero-order valence-corrected chi connectivity index (χ0v) is 30.0. The summed E-state index contributed by atoms with van der Waals surface area (Å²) in [7, 11) is 0. The van der Waals surface area contributed by atoms with Crippen molar-refractivity contribution in [2.24, 2.45) is 17.3 Å². The summed E-state index contributed by atoms with van der Waals surface area (Å²) < 4.78 is 0. The highest BCUT2D eigenvalue weighted by Gasteiger charge is 2.54. The van der Waals surface area contributed by atoms with Crippen molar-refractivity contribution < 1.29 is 19.8 Å². The van der Waals surface area contributed by atoms with Crippen LogP contribution < -0.4 is 10.6 Å². The summed E-state index contributed by atoms with van der Waals surface area (Å²) in [5.74, 6) is -0.975. The highest BCUT2D eigenvalue weighted by Crippen LogP contribution is 2.43. The number of benzene rings is 4. The van der Waals surface area contributed by atoms with Gasteiger partial charge in [0.15, 0.2) is 0 Å². The smallest absolute Gasteiger partial charge is 0.236 e. The third-order valence-corrected chi connectivity index (χ3v) is 10.6. The van der Waals surface area contributed by atoms with Gasteiger partial charge in [-0.15, -0.1) is 0 Å². The minimum Gasteiger partial charge on any atom is -0.387 e. The van der Waals surface area contributed by atoms with Crippen molar-refractivity contribution in [3.63, 3.8) is 0 Å². The minimum absolute atomic E-state index is 0.123. The van der Waals surface area contributed by atoms with Gasteiger partial charge in [-0.2, -0.15) is 0 Å². The van der Waals surface area contributed by atoms with Gasteiger partial charge in [-0.3, -0.25) is 9.59 Å². The van der Waals surface area contributed by atoms with Crippen molar-refractivity contribution in [3.8, 4) is 0 Å². The predicted octanol–water partition coefficient (Wildman–Crippen LogP) is 6.87. The van der Waals surface area contributed by atoms with Gasteiger partial charge in [0.1, 0.15) is 5.41 Å². The van der Waals surface area contributed by atoms with Gasteiger partial charge >= 0.3 is 0 Å². The lowest BCUT2D eigenvalue weighted by Gasteiger charge is -2.46. The Bertz CT molecular complexity index is 1450. The monoisotopic (exact) mass is 674 g/mol. The summed E-state index contributed by atoms with van der Waals surface area (Å²) in [6.07, 6.45) is 2.92. The molecule has 0 aliphatic heterocycles. The van der Waals surface area contributed by atoms with E-state index in [1.54, 1.807) is 0 Å². The van der Waals surface area contributed by atoms with Gasteiger partial charge in [0.2, 0.25) is 11.8 Å². The molecule has 1 aliphatic carbocycles. The molecule has 4 N–H and O–H groups in total. The lowest BCUT2D eigenvalue weighted by molar-refractivity contribution is -0.154. The molecule has 0 saturated heterocycles. The van der Waals surface area contributed by atoms with Crippen LogP contribution in [-0.4, -0.2) is 45.3 Å². The molecule has 4 aromatic rings. The minimum atomic E-state index is -1.32. The van der Waals surface area contributed by atoms with E-state index < -0.39 is 28.7 Å². The molecule has 2 atom stereocenters. The SMILES string of the molecule is CC(C)[C@@H](NC(=O)C1(C(=O)N[C@H](C(C)C)C(O)(Cc2ccccc2)Cc2ccccc2)CCC1)C(O)(Cc1ccccc1)Cc1ccccc1. The molecule has 0 spiro atoms. The van der Waals surface area contributed by atoms with E-state index >= 15 is 0 Å². The Morgan fingerprint density at radius 3 is 1.00 bits per heavy atom. The van der Waals surface area contributed by atoms with Gasteiger partial charge in [-0.05, 0) is 46.9 Å². The van der Waals surface area contributed by atoms with Crippen molar-refractivity contribution in [2.75, 3.05) is 0 Å². The number of amides is 2. The first-order chi connectivity index (χ1) is 23.9.